The van der Waals surface area contributed by atoms with Crippen LogP contribution < -0.4 is 10.5 Å². The van der Waals surface area contributed by atoms with Gasteiger partial charge < -0.3 is 10.5 Å². The van der Waals surface area contributed by atoms with Gasteiger partial charge in [0.05, 0.1) is 12.6 Å². The summed E-state index contributed by atoms with van der Waals surface area (Å²) in [6.07, 6.45) is -4.59. The minimum absolute atomic E-state index is 0.113. The molecule has 0 aliphatic carbocycles. The van der Waals surface area contributed by atoms with Gasteiger partial charge in [0, 0.05) is 5.56 Å². The summed E-state index contributed by atoms with van der Waals surface area (Å²) in [5.74, 6) is -0.181. The van der Waals surface area contributed by atoms with E-state index < -0.39 is 11.7 Å². The Morgan fingerprint density at radius 2 is 2.14 bits per heavy atom. The third-order valence-corrected chi connectivity index (χ3v) is 2.71. The van der Waals surface area contributed by atoms with Crippen LogP contribution in [0.15, 0.2) is 18.2 Å². The molecule has 1 heterocycles. The average molecular weight is 317 g/mol. The van der Waals surface area contributed by atoms with Crippen LogP contribution in [-0.2, 0) is 19.8 Å². The van der Waals surface area contributed by atoms with E-state index in [-0.39, 0.29) is 28.7 Å². The largest absolute Gasteiger partial charge is 0.485 e. The molecule has 2 rings (SSSR count). The molecular weight excluding hydrogens is 307 g/mol. The number of aryl methyl sites for hydroxylation is 1. The maximum atomic E-state index is 13.0. The molecule has 21 heavy (non-hydrogen) atoms. The summed E-state index contributed by atoms with van der Waals surface area (Å²) in [4.78, 5) is 1.06. The van der Waals surface area contributed by atoms with E-state index >= 15 is 0 Å². The van der Waals surface area contributed by atoms with E-state index in [1.54, 1.807) is 0 Å². The van der Waals surface area contributed by atoms with Crippen molar-refractivity contribution in [1.29, 1.82) is 0 Å². The van der Waals surface area contributed by atoms with E-state index in [4.69, 9.17) is 10.5 Å². The molecule has 6 nitrogen and oxygen atoms in total. The molecule has 0 aliphatic rings. The Morgan fingerprint density at radius 1 is 1.43 bits per heavy atom. The molecule has 1 aromatic heterocycles. The zero-order valence-electron chi connectivity index (χ0n) is 10.8. The van der Waals surface area contributed by atoms with E-state index in [0.717, 1.165) is 12.1 Å². The van der Waals surface area contributed by atoms with Gasteiger partial charge in [0.25, 0.3) is 0 Å². The predicted molar refractivity (Wildman–Crippen MR) is 70.5 cm³/mol. The Labute approximate surface area is 122 Å². The first-order chi connectivity index (χ1) is 9.77. The maximum Gasteiger partial charge on any atom is 0.419 e. The number of hydrogen-bond donors (Lipinski definition) is 1. The third-order valence-electron chi connectivity index (χ3n) is 2.48. The molecule has 0 unspecified atom stereocenters. The second kappa shape index (κ2) is 5.64. The van der Waals surface area contributed by atoms with Crippen LogP contribution >= 0.6 is 12.2 Å². The van der Waals surface area contributed by atoms with Crippen LogP contribution in [0.1, 0.15) is 17.0 Å². The highest BCUT2D eigenvalue weighted by atomic mass is 32.1. The Morgan fingerprint density at radius 3 is 2.67 bits per heavy atom. The summed E-state index contributed by atoms with van der Waals surface area (Å²) in [5.41, 5.74) is 4.49. The number of hydrogen-bond acceptors (Lipinski definition) is 5. The Kier molecular flexibility index (Phi) is 4.07. The molecule has 0 atom stereocenters. The lowest BCUT2D eigenvalue weighted by atomic mass is 10.1. The number of rotatable bonds is 4. The number of ether oxygens (including phenoxy) is 1. The average Bonchev–Trinajstić information content (AvgIpc) is 2.81. The zero-order valence-corrected chi connectivity index (χ0v) is 11.6. The predicted octanol–water partition coefficient (Wildman–Crippen LogP) is 1.44. The van der Waals surface area contributed by atoms with Crippen molar-refractivity contribution in [3.63, 3.8) is 0 Å². The van der Waals surface area contributed by atoms with Gasteiger partial charge in [-0.15, -0.1) is 10.2 Å². The van der Waals surface area contributed by atoms with Crippen molar-refractivity contribution < 1.29 is 17.9 Å². The van der Waals surface area contributed by atoms with Crippen LogP contribution in [0.5, 0.6) is 5.75 Å². The Balaban J connectivity index is 2.27. The lowest BCUT2D eigenvalue weighted by Gasteiger charge is -2.14. The quantitative estimate of drug-likeness (QED) is 0.860. The summed E-state index contributed by atoms with van der Waals surface area (Å²) < 4.78 is 44.1. The monoisotopic (exact) mass is 317 g/mol. The van der Waals surface area contributed by atoms with E-state index in [1.165, 1.54) is 17.9 Å². The molecule has 0 spiro atoms. The number of halogens is 3. The number of tetrazole rings is 1. The molecule has 0 bridgehead atoms. The highest BCUT2D eigenvalue weighted by Gasteiger charge is 2.35. The molecule has 0 saturated heterocycles. The van der Waals surface area contributed by atoms with E-state index in [0.29, 0.717) is 0 Å². The third kappa shape index (κ3) is 3.66. The molecule has 112 valence electrons. The number of benzene rings is 1. The fourth-order valence-corrected chi connectivity index (χ4v) is 1.68. The molecule has 0 saturated carbocycles. The zero-order chi connectivity index (χ0) is 15.6. The first-order valence-electron chi connectivity index (χ1n) is 5.64. The van der Waals surface area contributed by atoms with Crippen LogP contribution in [0, 0.1) is 0 Å². The van der Waals surface area contributed by atoms with Crippen LogP contribution in [0.25, 0.3) is 0 Å². The summed E-state index contributed by atoms with van der Waals surface area (Å²) in [7, 11) is 1.54. The van der Waals surface area contributed by atoms with Crippen molar-refractivity contribution in [2.75, 3.05) is 0 Å². The highest BCUT2D eigenvalue weighted by Crippen LogP contribution is 2.37. The van der Waals surface area contributed by atoms with Gasteiger partial charge in [-0.25, -0.2) is 0 Å². The second-order valence-electron chi connectivity index (χ2n) is 4.06. The Bertz CT molecular complexity index is 670. The minimum atomic E-state index is -4.59. The highest BCUT2D eigenvalue weighted by molar-refractivity contribution is 7.80. The van der Waals surface area contributed by atoms with E-state index in [2.05, 4.69) is 27.6 Å². The smallest absolute Gasteiger partial charge is 0.419 e. The molecular formula is C11H10F3N5OS. The summed E-state index contributed by atoms with van der Waals surface area (Å²) in [5, 5.41) is 11.0. The van der Waals surface area contributed by atoms with Crippen LogP contribution in [0.4, 0.5) is 13.2 Å². The summed E-state index contributed by atoms with van der Waals surface area (Å²) in [6.45, 7) is -0.233. The van der Waals surface area contributed by atoms with Crippen molar-refractivity contribution in [2.45, 2.75) is 12.8 Å². The fraction of sp³-hybridized carbons (Fsp3) is 0.273. The number of alkyl halides is 3. The van der Waals surface area contributed by atoms with Gasteiger partial charge in [0.1, 0.15) is 10.7 Å². The van der Waals surface area contributed by atoms with E-state index in [9.17, 15) is 13.2 Å². The van der Waals surface area contributed by atoms with Gasteiger partial charge in [-0.1, -0.05) is 12.2 Å². The van der Waals surface area contributed by atoms with Crippen molar-refractivity contribution in [3.05, 3.63) is 35.2 Å². The SMILES string of the molecule is Cn1nnc(COc2ccc(C(N)=S)cc2C(F)(F)F)n1. The standard InChI is InChI=1S/C11H10F3N5OS/c1-19-17-9(16-18-19)5-20-8-3-2-6(10(15)21)4-7(8)11(12,13)14/h2-4H,5H2,1H3,(H2,15,21). The fourth-order valence-electron chi connectivity index (χ4n) is 1.55. The van der Waals surface area contributed by atoms with Crippen molar-refractivity contribution >= 4 is 17.2 Å². The molecule has 10 heteroatoms. The molecule has 2 N–H and O–H groups in total. The summed E-state index contributed by atoms with van der Waals surface area (Å²) in [6, 6.07) is 3.37. The van der Waals surface area contributed by atoms with E-state index in [1.807, 2.05) is 0 Å². The van der Waals surface area contributed by atoms with Crippen molar-refractivity contribution in [3.8, 4) is 5.75 Å². The van der Waals surface area contributed by atoms with Gasteiger partial charge >= 0.3 is 6.18 Å². The van der Waals surface area contributed by atoms with Crippen LogP contribution in [-0.4, -0.2) is 25.2 Å². The van der Waals surface area contributed by atoms with Gasteiger partial charge in [-0.05, 0) is 23.4 Å². The topological polar surface area (TPSA) is 78.8 Å². The normalized spacial score (nSPS) is 11.4. The first kappa shape index (κ1) is 15.2. The van der Waals surface area contributed by atoms with Gasteiger partial charge in [0.15, 0.2) is 6.61 Å². The molecule has 0 aliphatic heterocycles. The van der Waals surface area contributed by atoms with Crippen molar-refractivity contribution in [1.82, 2.24) is 20.2 Å². The number of aromatic nitrogens is 4. The molecule has 2 aromatic rings. The lowest BCUT2D eigenvalue weighted by Crippen LogP contribution is -2.14. The maximum absolute atomic E-state index is 13.0. The van der Waals surface area contributed by atoms with Gasteiger partial charge in [-0.2, -0.15) is 18.0 Å². The minimum Gasteiger partial charge on any atom is -0.485 e. The number of nitrogens with zero attached hydrogens (tertiary/aromatic N) is 4. The molecule has 0 amide bonds. The number of nitrogens with two attached hydrogens (primary N) is 1. The second-order valence-corrected chi connectivity index (χ2v) is 4.50. The number of thiocarbonyl (C=S) groups is 1. The molecule has 1 aromatic carbocycles. The Hall–Kier alpha value is -2.23. The molecule has 0 radical (unpaired) electrons. The molecule has 0 fully saturated rings. The van der Waals surface area contributed by atoms with Crippen LogP contribution in [0.3, 0.4) is 0 Å². The first-order valence-corrected chi connectivity index (χ1v) is 6.05. The van der Waals surface area contributed by atoms with Crippen molar-refractivity contribution in [2.24, 2.45) is 12.8 Å². The van der Waals surface area contributed by atoms with Gasteiger partial charge in [0.2, 0.25) is 5.82 Å². The van der Waals surface area contributed by atoms with Crippen LogP contribution in [0.2, 0.25) is 0 Å². The van der Waals surface area contributed by atoms with Gasteiger partial charge in [-0.3, -0.25) is 0 Å². The summed E-state index contributed by atoms with van der Waals surface area (Å²) >= 11 is 4.67. The lowest BCUT2D eigenvalue weighted by molar-refractivity contribution is -0.139.